The summed E-state index contributed by atoms with van der Waals surface area (Å²) in [6.07, 6.45) is 0.176. The van der Waals surface area contributed by atoms with Gasteiger partial charge in [-0.3, -0.25) is 52.2 Å². The minimum absolute atomic E-state index is 0.0000353. The zero-order valence-corrected chi connectivity index (χ0v) is 44.7. The van der Waals surface area contributed by atoms with Crippen LogP contribution in [-0.2, 0) is 72.2 Å². The molecule has 18 nitrogen and oxygen atoms in total. The number of fused-ring (bicyclic) bond motifs is 1. The van der Waals surface area contributed by atoms with Gasteiger partial charge in [-0.2, -0.15) is 5.26 Å². The number of nitrogens with zero attached hydrogens (tertiary/aromatic N) is 4. The highest BCUT2D eigenvalue weighted by Gasteiger charge is 2.35. The Labute approximate surface area is 410 Å². The molecule has 2 atom stereocenters. The van der Waals surface area contributed by atoms with E-state index in [4.69, 9.17) is 37.3 Å². The number of esters is 5. The van der Waals surface area contributed by atoms with Crippen LogP contribution in [0.1, 0.15) is 116 Å². The van der Waals surface area contributed by atoms with Crippen molar-refractivity contribution in [1.29, 1.82) is 5.26 Å². The molecule has 0 aromatic heterocycles. The number of nitriles is 1. The second kappa shape index (κ2) is 26.7. The zero-order valence-electron chi connectivity index (χ0n) is 43.8. The van der Waals surface area contributed by atoms with E-state index in [0.717, 1.165) is 16.3 Å². The van der Waals surface area contributed by atoms with Crippen LogP contribution in [0.3, 0.4) is 0 Å². The van der Waals surface area contributed by atoms with Gasteiger partial charge in [-0.15, -0.1) is 0 Å². The number of rotatable bonds is 26. The predicted octanol–water partition coefficient (Wildman–Crippen LogP) is 7.44. The van der Waals surface area contributed by atoms with Crippen molar-refractivity contribution in [2.75, 3.05) is 72.2 Å². The summed E-state index contributed by atoms with van der Waals surface area (Å²) in [5.74, 6) is -3.28. The first-order valence-electron chi connectivity index (χ1n) is 23.3. The molecule has 0 saturated carbocycles. The lowest BCUT2D eigenvalue weighted by Crippen LogP contribution is -2.53. The van der Waals surface area contributed by atoms with Crippen molar-refractivity contribution in [3.05, 3.63) is 48.0 Å². The highest BCUT2D eigenvalue weighted by molar-refractivity contribution is 7.48. The van der Waals surface area contributed by atoms with Crippen LogP contribution in [0.4, 0.5) is 0 Å². The van der Waals surface area contributed by atoms with E-state index in [-0.39, 0.29) is 58.9 Å². The molecule has 0 saturated heterocycles. The lowest BCUT2D eigenvalue weighted by atomic mass is 10.0. The Morgan fingerprint density at radius 1 is 0.551 bits per heavy atom. The van der Waals surface area contributed by atoms with Gasteiger partial charge >= 0.3 is 37.7 Å². The monoisotopic (exact) mass is 991 g/mol. The lowest BCUT2D eigenvalue weighted by molar-refractivity contribution is -0.163. The Morgan fingerprint density at radius 3 is 1.42 bits per heavy atom. The fourth-order valence-corrected chi connectivity index (χ4v) is 7.84. The fourth-order valence-electron chi connectivity index (χ4n) is 6.64. The number of benzene rings is 2. The van der Waals surface area contributed by atoms with Crippen LogP contribution in [0, 0.1) is 11.3 Å². The van der Waals surface area contributed by atoms with Crippen LogP contribution in [0.15, 0.2) is 42.5 Å². The minimum atomic E-state index is -4.50. The summed E-state index contributed by atoms with van der Waals surface area (Å²) >= 11 is 0. The molecule has 0 spiro atoms. The van der Waals surface area contributed by atoms with Crippen molar-refractivity contribution < 1.29 is 65.8 Å². The fraction of sp³-hybridized carbons (Fsp3) is 0.680. The second-order valence-corrected chi connectivity index (χ2v) is 23.3. The molecule has 0 radical (unpaired) electrons. The largest absolute Gasteiger partial charge is 0.474 e. The van der Waals surface area contributed by atoms with E-state index in [2.05, 4.69) is 0 Å². The first-order chi connectivity index (χ1) is 31.6. The average Bonchev–Trinajstić information content (AvgIpc) is 3.14. The molecule has 2 aromatic rings. The topological polar surface area (TPSA) is 210 Å². The summed E-state index contributed by atoms with van der Waals surface area (Å²) in [4.78, 5) is 71.9. The predicted molar refractivity (Wildman–Crippen MR) is 261 cm³/mol. The van der Waals surface area contributed by atoms with Gasteiger partial charge in [0.1, 0.15) is 28.0 Å². The Kier molecular flexibility index (Phi) is 23.4. The third-order valence-electron chi connectivity index (χ3n) is 8.93. The van der Waals surface area contributed by atoms with Gasteiger partial charge in [-0.25, -0.2) is 4.57 Å². The minimum Gasteiger partial charge on any atom is -0.459 e. The number of phosphoric ester groups is 1. The molecule has 0 aliphatic carbocycles. The quantitative estimate of drug-likeness (QED) is 0.0388. The standard InChI is InChI=1S/C50H79N4O14P/c1-46(2,3)64-41(55)31-52(26-27-53(32-42(56)65-47(4,5)6)33-43(57)66-48(7,8)9)30-39(54(34-44(58)67-49(10,11)12)35-45(59)68-50(13,14)15)36-63-69(60,61-28-19-25-51)62-29-24-38-22-18-21-37-20-16-17-23-40(37)38/h16-18,20-23,39H,19,24,26-36H2,1-15H3/t39-,69?/m1/s1. The van der Waals surface area contributed by atoms with Crippen molar-refractivity contribution >= 4 is 48.4 Å². The molecule has 0 bridgehead atoms. The molecular formula is C50H79N4O14P. The van der Waals surface area contributed by atoms with Crippen LogP contribution >= 0.6 is 7.82 Å². The van der Waals surface area contributed by atoms with Gasteiger partial charge in [0.25, 0.3) is 0 Å². The number of hydrogen-bond donors (Lipinski definition) is 0. The number of ether oxygens (including phenoxy) is 5. The Balaban J connectivity index is 2.71. The molecule has 1 unspecified atom stereocenters. The highest BCUT2D eigenvalue weighted by Crippen LogP contribution is 2.50. The van der Waals surface area contributed by atoms with E-state index in [9.17, 15) is 33.8 Å². The average molecular weight is 991 g/mol. The Morgan fingerprint density at radius 2 is 0.957 bits per heavy atom. The summed E-state index contributed by atoms with van der Waals surface area (Å²) in [5.41, 5.74) is -3.46. The first-order valence-corrected chi connectivity index (χ1v) is 24.7. The molecule has 2 rings (SSSR count). The Bertz CT molecular complexity index is 2020. The van der Waals surface area contributed by atoms with Gasteiger partial charge in [-0.05, 0) is 127 Å². The van der Waals surface area contributed by atoms with E-state index in [1.165, 1.54) is 9.80 Å². The van der Waals surface area contributed by atoms with Gasteiger partial charge in [0.2, 0.25) is 0 Å². The van der Waals surface area contributed by atoms with Gasteiger partial charge in [-0.1, -0.05) is 42.5 Å². The smallest absolute Gasteiger partial charge is 0.459 e. The van der Waals surface area contributed by atoms with Crippen molar-refractivity contribution in [1.82, 2.24) is 14.7 Å². The number of carbonyl (C=O) groups excluding carboxylic acids is 5. The van der Waals surface area contributed by atoms with Gasteiger partial charge in [0, 0.05) is 25.7 Å². The van der Waals surface area contributed by atoms with Crippen molar-refractivity contribution in [2.24, 2.45) is 0 Å². The number of carbonyl (C=O) groups is 5. The first kappa shape index (κ1) is 60.7. The van der Waals surface area contributed by atoms with Crippen molar-refractivity contribution in [3.63, 3.8) is 0 Å². The Hall–Kier alpha value is -4.47. The maximum atomic E-state index is 14.6. The lowest BCUT2D eigenvalue weighted by Gasteiger charge is -2.36. The molecule has 0 heterocycles. The second-order valence-electron chi connectivity index (χ2n) is 21.6. The molecule has 0 aliphatic rings. The van der Waals surface area contributed by atoms with Crippen LogP contribution in [0.2, 0.25) is 0 Å². The van der Waals surface area contributed by atoms with Crippen molar-refractivity contribution in [2.45, 2.75) is 151 Å². The van der Waals surface area contributed by atoms with E-state index in [0.29, 0.717) is 6.42 Å². The summed E-state index contributed by atoms with van der Waals surface area (Å²) < 4.78 is 60.5. The third-order valence-corrected chi connectivity index (χ3v) is 10.4. The highest BCUT2D eigenvalue weighted by atomic mass is 31.2. The molecule has 19 heteroatoms. The van der Waals surface area contributed by atoms with Gasteiger partial charge < -0.3 is 23.7 Å². The van der Waals surface area contributed by atoms with Crippen LogP contribution in [-0.4, -0.2) is 151 Å². The molecule has 2 aromatic carbocycles. The normalized spacial score (nSPS) is 14.0. The summed E-state index contributed by atoms with van der Waals surface area (Å²) in [6, 6.07) is 14.5. The van der Waals surface area contributed by atoms with E-state index in [1.54, 1.807) is 109 Å². The summed E-state index contributed by atoms with van der Waals surface area (Å²) in [7, 11) is -4.50. The molecule has 69 heavy (non-hydrogen) atoms. The maximum absolute atomic E-state index is 14.6. The van der Waals surface area contributed by atoms with Crippen LogP contribution < -0.4 is 0 Å². The van der Waals surface area contributed by atoms with Crippen LogP contribution in [0.5, 0.6) is 0 Å². The number of phosphoric acid groups is 1. The van der Waals surface area contributed by atoms with Crippen molar-refractivity contribution in [3.8, 4) is 6.07 Å². The van der Waals surface area contributed by atoms with E-state index < -0.39 is 91.4 Å². The molecule has 0 fully saturated rings. The summed E-state index contributed by atoms with van der Waals surface area (Å²) in [5, 5.41) is 11.3. The molecule has 0 amide bonds. The van der Waals surface area contributed by atoms with E-state index >= 15 is 0 Å². The zero-order chi connectivity index (χ0) is 52.4. The molecule has 388 valence electrons. The van der Waals surface area contributed by atoms with E-state index in [1.807, 2.05) is 48.5 Å². The van der Waals surface area contributed by atoms with Gasteiger partial charge in [0.15, 0.2) is 0 Å². The molecule has 0 aliphatic heterocycles. The summed E-state index contributed by atoms with van der Waals surface area (Å²) in [6.45, 7) is 22.5. The maximum Gasteiger partial charge on any atom is 0.474 e. The molecular weight excluding hydrogens is 912 g/mol. The molecule has 0 N–H and O–H groups in total. The third kappa shape index (κ3) is 27.5. The number of hydrogen-bond acceptors (Lipinski definition) is 18. The SMILES string of the molecule is CC(C)(C)OC(=O)CN(CCN(CC(=O)OC(C)(C)C)C[C@H](COP(=O)(OCCC#N)OCCc1cccc2ccccc12)N(CC(=O)OC(C)(C)C)CC(=O)OC(C)(C)C)CC(=O)OC(C)(C)C. The van der Waals surface area contributed by atoms with Gasteiger partial charge in [0.05, 0.1) is 65.0 Å². The van der Waals surface area contributed by atoms with Crippen LogP contribution in [0.25, 0.3) is 10.8 Å².